The molecule has 1 N–H and O–H groups in total. The van der Waals surface area contributed by atoms with E-state index in [1.807, 2.05) is 63.2 Å². The monoisotopic (exact) mass is 628 g/mol. The third-order valence-electron chi connectivity index (χ3n) is 7.65. The molecule has 2 aromatic carbocycles. The van der Waals surface area contributed by atoms with Crippen LogP contribution in [-0.2, 0) is 16.6 Å². The third kappa shape index (κ3) is 7.42. The number of benzene rings is 2. The molecule has 1 atom stereocenters. The van der Waals surface area contributed by atoms with Crippen LogP contribution in [-0.4, -0.2) is 60.9 Å². The number of carbonyl (C=O) groups excluding carboxylic acids is 1. The number of amides is 1. The molecule has 5 rings (SSSR count). The predicted octanol–water partition coefficient (Wildman–Crippen LogP) is 5.86. The molecule has 0 spiro atoms. The quantitative estimate of drug-likeness (QED) is 0.292. The van der Waals surface area contributed by atoms with E-state index in [1.165, 1.54) is 12.1 Å². The Labute approximate surface area is 265 Å². The van der Waals surface area contributed by atoms with Crippen molar-refractivity contribution in [3.8, 4) is 17.1 Å². The van der Waals surface area contributed by atoms with E-state index in [-0.39, 0.29) is 52.8 Å². The molecule has 0 saturated carbocycles. The average molecular weight is 629 g/mol. The van der Waals surface area contributed by atoms with Crippen molar-refractivity contribution in [1.29, 1.82) is 0 Å². The summed E-state index contributed by atoms with van der Waals surface area (Å²) in [6.45, 7) is 10.7. The summed E-state index contributed by atoms with van der Waals surface area (Å²) in [5.41, 5.74) is 4.28. The van der Waals surface area contributed by atoms with Crippen LogP contribution in [0.1, 0.15) is 54.2 Å². The number of aromatic nitrogens is 3. The van der Waals surface area contributed by atoms with Crippen LogP contribution in [0.4, 0.5) is 11.8 Å². The van der Waals surface area contributed by atoms with E-state index in [4.69, 9.17) is 4.74 Å². The molecule has 1 aliphatic rings. The van der Waals surface area contributed by atoms with E-state index in [2.05, 4.69) is 40.4 Å². The molecule has 1 amide bonds. The van der Waals surface area contributed by atoms with E-state index < -0.39 is 10.0 Å². The maximum atomic E-state index is 14.3. The maximum absolute atomic E-state index is 14.3. The van der Waals surface area contributed by atoms with Crippen LogP contribution in [0, 0.1) is 19.3 Å². The molecule has 10 nitrogen and oxygen atoms in total. The van der Waals surface area contributed by atoms with E-state index in [1.54, 1.807) is 29.3 Å². The van der Waals surface area contributed by atoms with Gasteiger partial charge < -0.3 is 14.5 Å². The highest BCUT2D eigenvalue weighted by molar-refractivity contribution is 7.92. The van der Waals surface area contributed by atoms with Crippen molar-refractivity contribution >= 4 is 27.7 Å². The van der Waals surface area contributed by atoms with Gasteiger partial charge >= 0.3 is 0 Å². The molecule has 0 fully saturated rings. The average Bonchev–Trinajstić information content (AvgIpc) is 2.97. The van der Waals surface area contributed by atoms with Gasteiger partial charge in [0.05, 0.1) is 16.6 Å². The Kier molecular flexibility index (Phi) is 8.84. The van der Waals surface area contributed by atoms with Crippen molar-refractivity contribution in [3.63, 3.8) is 0 Å². The molecule has 0 saturated heterocycles. The fraction of sp³-hybridized carbons (Fsp3) is 0.353. The molecular formula is C34H40N6O4S. The second-order valence-corrected chi connectivity index (χ2v) is 14.6. The van der Waals surface area contributed by atoms with Crippen LogP contribution in [0.25, 0.3) is 11.3 Å². The van der Waals surface area contributed by atoms with Crippen molar-refractivity contribution in [3.05, 3.63) is 89.1 Å². The second-order valence-electron chi connectivity index (χ2n) is 12.9. The van der Waals surface area contributed by atoms with Gasteiger partial charge in [-0.25, -0.2) is 23.1 Å². The van der Waals surface area contributed by atoms with Crippen molar-refractivity contribution in [2.24, 2.45) is 5.41 Å². The number of carbonyl (C=O) groups is 1. The van der Waals surface area contributed by atoms with Gasteiger partial charge in [0.1, 0.15) is 12.4 Å². The second kappa shape index (κ2) is 12.5. The van der Waals surface area contributed by atoms with Gasteiger partial charge in [-0.3, -0.25) is 4.79 Å². The lowest BCUT2D eigenvalue weighted by Gasteiger charge is -2.36. The van der Waals surface area contributed by atoms with E-state index in [9.17, 15) is 13.2 Å². The Bertz CT molecular complexity index is 1800. The van der Waals surface area contributed by atoms with Crippen molar-refractivity contribution in [2.75, 3.05) is 30.3 Å². The molecule has 11 heteroatoms. The summed E-state index contributed by atoms with van der Waals surface area (Å²) in [4.78, 5) is 31.5. The Morgan fingerprint density at radius 2 is 1.71 bits per heavy atom. The zero-order chi connectivity index (χ0) is 32.5. The number of pyridine rings is 1. The Morgan fingerprint density at radius 1 is 1.00 bits per heavy atom. The van der Waals surface area contributed by atoms with Crippen molar-refractivity contribution in [1.82, 2.24) is 19.9 Å². The number of rotatable bonds is 5. The SMILES string of the molecule is Cc1cccc(C)c1-c1cc2nc(n1)NS(=O)(=O)c1cccc(c1)C(=O)N(Cc1ccc(N(C)C)nc1)[C@H](CC(C)(C)C)CO2. The summed E-state index contributed by atoms with van der Waals surface area (Å²) < 4.78 is 36.1. The molecule has 0 aliphatic carbocycles. The van der Waals surface area contributed by atoms with Gasteiger partial charge in [-0.15, -0.1) is 0 Å². The first kappa shape index (κ1) is 31.9. The summed E-state index contributed by atoms with van der Waals surface area (Å²) in [5.74, 6) is 0.580. The number of nitrogens with zero attached hydrogens (tertiary/aromatic N) is 5. The molecule has 0 unspecified atom stereocenters. The molecule has 2 aromatic heterocycles. The number of anilines is 2. The lowest BCUT2D eigenvalue weighted by molar-refractivity contribution is 0.0513. The van der Waals surface area contributed by atoms with Crippen LogP contribution < -0.4 is 14.4 Å². The Morgan fingerprint density at radius 3 is 2.36 bits per heavy atom. The van der Waals surface area contributed by atoms with Crippen LogP contribution >= 0.6 is 0 Å². The molecule has 236 valence electrons. The zero-order valence-electron chi connectivity index (χ0n) is 26.8. The van der Waals surface area contributed by atoms with Gasteiger partial charge in [-0.2, -0.15) is 4.98 Å². The predicted molar refractivity (Wildman–Crippen MR) is 176 cm³/mol. The Hall–Kier alpha value is -4.51. The number of sulfonamides is 1. The highest BCUT2D eigenvalue weighted by Crippen LogP contribution is 2.32. The first-order valence-electron chi connectivity index (χ1n) is 14.8. The summed E-state index contributed by atoms with van der Waals surface area (Å²) in [6.07, 6.45) is 2.37. The number of fused-ring (bicyclic) bond motifs is 4. The summed E-state index contributed by atoms with van der Waals surface area (Å²) in [6, 6.07) is 17.2. The summed E-state index contributed by atoms with van der Waals surface area (Å²) >= 11 is 0. The number of hydrogen-bond donors (Lipinski definition) is 1. The van der Waals surface area contributed by atoms with Crippen LogP contribution in [0.15, 0.2) is 71.8 Å². The lowest BCUT2D eigenvalue weighted by atomic mass is 9.87. The first-order chi connectivity index (χ1) is 21.2. The minimum atomic E-state index is -4.15. The van der Waals surface area contributed by atoms with Crippen LogP contribution in [0.3, 0.4) is 0 Å². The lowest BCUT2D eigenvalue weighted by Crippen LogP contribution is -2.45. The molecule has 4 bridgehead atoms. The number of ether oxygens (including phenoxy) is 1. The maximum Gasteiger partial charge on any atom is 0.264 e. The van der Waals surface area contributed by atoms with Gasteiger partial charge in [-0.05, 0) is 66.6 Å². The fourth-order valence-corrected chi connectivity index (χ4v) is 6.51. The fourth-order valence-electron chi connectivity index (χ4n) is 5.52. The van der Waals surface area contributed by atoms with Gasteiger partial charge in [0.2, 0.25) is 11.8 Å². The van der Waals surface area contributed by atoms with Gasteiger partial charge in [0, 0.05) is 44.0 Å². The van der Waals surface area contributed by atoms with Crippen molar-refractivity contribution in [2.45, 2.75) is 58.5 Å². The van der Waals surface area contributed by atoms with Gasteiger partial charge in [0.25, 0.3) is 15.9 Å². The molecule has 4 aromatic rings. The highest BCUT2D eigenvalue weighted by atomic mass is 32.2. The minimum Gasteiger partial charge on any atom is -0.475 e. The number of nitrogens with one attached hydrogen (secondary N) is 1. The normalized spacial score (nSPS) is 16.5. The molecule has 1 aliphatic heterocycles. The zero-order valence-corrected chi connectivity index (χ0v) is 27.6. The Balaban J connectivity index is 1.66. The van der Waals surface area contributed by atoms with Crippen LogP contribution in [0.5, 0.6) is 5.88 Å². The third-order valence-corrected chi connectivity index (χ3v) is 8.98. The first-order valence-corrected chi connectivity index (χ1v) is 16.3. The smallest absolute Gasteiger partial charge is 0.264 e. The van der Waals surface area contributed by atoms with E-state index in [0.29, 0.717) is 12.1 Å². The summed E-state index contributed by atoms with van der Waals surface area (Å²) in [5, 5.41) is 0. The number of hydrogen-bond acceptors (Lipinski definition) is 8. The molecule has 3 heterocycles. The summed E-state index contributed by atoms with van der Waals surface area (Å²) in [7, 11) is -0.313. The minimum absolute atomic E-state index is 0.0690. The van der Waals surface area contributed by atoms with E-state index in [0.717, 1.165) is 28.1 Å². The van der Waals surface area contributed by atoms with Gasteiger partial charge in [-0.1, -0.05) is 51.1 Å². The molecule has 45 heavy (non-hydrogen) atoms. The highest BCUT2D eigenvalue weighted by Gasteiger charge is 2.31. The van der Waals surface area contributed by atoms with Gasteiger partial charge in [0.15, 0.2) is 0 Å². The molecular weight excluding hydrogens is 588 g/mol. The standard InChI is InChI=1S/C34H40N6O4S/c1-22-10-8-11-23(2)31(22)28-17-30-37-33(36-28)38-45(42,43)27-13-9-12-25(16-27)32(41)40(26(21-44-30)18-34(3,4)5)20-24-14-15-29(35-19-24)39(6)7/h8-17,19,26H,18,20-21H2,1-7H3,(H,36,37,38)/t26-/m1/s1. The largest absolute Gasteiger partial charge is 0.475 e. The molecule has 0 radical (unpaired) electrons. The van der Waals surface area contributed by atoms with Crippen molar-refractivity contribution < 1.29 is 17.9 Å². The van der Waals surface area contributed by atoms with E-state index >= 15 is 0 Å². The topological polar surface area (TPSA) is 118 Å². The number of aryl methyl sites for hydroxylation is 2. The van der Waals surface area contributed by atoms with Crippen LogP contribution in [0.2, 0.25) is 0 Å².